The molecule has 2 N–H and O–H groups in total. The Kier molecular flexibility index (Phi) is 4.31. The van der Waals surface area contributed by atoms with Gasteiger partial charge in [-0.25, -0.2) is 23.1 Å². The molecule has 0 saturated heterocycles. The molecule has 0 aliphatic carbocycles. The van der Waals surface area contributed by atoms with Crippen LogP contribution in [0, 0.1) is 0 Å². The van der Waals surface area contributed by atoms with Gasteiger partial charge < -0.3 is 14.5 Å². The van der Waals surface area contributed by atoms with Crippen molar-refractivity contribution in [1.29, 1.82) is 0 Å². The van der Waals surface area contributed by atoms with Crippen molar-refractivity contribution in [2.24, 2.45) is 0 Å². The molecule has 0 saturated carbocycles. The van der Waals surface area contributed by atoms with E-state index in [1.54, 1.807) is 0 Å². The third kappa shape index (κ3) is 3.55. The molecule has 0 aliphatic heterocycles. The van der Waals surface area contributed by atoms with Gasteiger partial charge in [-0.05, 0) is 0 Å². The number of hydrogen-bond donors (Lipinski definition) is 2. The highest BCUT2D eigenvalue weighted by Gasteiger charge is 2.30. The van der Waals surface area contributed by atoms with Crippen molar-refractivity contribution in [3.05, 3.63) is 45.5 Å². The monoisotopic (exact) mass is 353 g/mol. The Morgan fingerprint density at radius 3 is 2.84 bits per heavy atom. The van der Waals surface area contributed by atoms with Crippen molar-refractivity contribution in [3.8, 4) is 17.0 Å². The number of imidazole rings is 1. The van der Waals surface area contributed by atoms with Crippen LogP contribution < -0.4 is 16.0 Å². The molecule has 0 aliphatic rings. The predicted molar refractivity (Wildman–Crippen MR) is 82.0 cm³/mol. The smallest absolute Gasteiger partial charge is 0.325 e. The van der Waals surface area contributed by atoms with Gasteiger partial charge in [-0.15, -0.1) is 0 Å². The summed E-state index contributed by atoms with van der Waals surface area (Å²) in [5.74, 6) is -3.19. The number of aromatic amines is 2. The number of aromatic nitrogens is 5. The lowest BCUT2D eigenvalue weighted by Gasteiger charge is -2.16. The van der Waals surface area contributed by atoms with Crippen LogP contribution in [0.25, 0.3) is 16.9 Å². The number of fused-ring (bicyclic) bond motifs is 1. The summed E-state index contributed by atoms with van der Waals surface area (Å²) in [5, 5.41) is 4.16. The van der Waals surface area contributed by atoms with E-state index in [9.17, 15) is 18.4 Å². The van der Waals surface area contributed by atoms with Crippen molar-refractivity contribution >= 4 is 5.65 Å². The lowest BCUT2D eigenvalue weighted by atomic mass is 10.2. The van der Waals surface area contributed by atoms with E-state index in [1.807, 2.05) is 0 Å². The zero-order valence-electron chi connectivity index (χ0n) is 13.0. The maximum absolute atomic E-state index is 13.6. The summed E-state index contributed by atoms with van der Waals surface area (Å²) >= 11 is 0. The Morgan fingerprint density at radius 1 is 1.32 bits per heavy atom. The minimum absolute atomic E-state index is 0.0105. The minimum Gasteiger partial charge on any atom is -0.483 e. The van der Waals surface area contributed by atoms with Crippen LogP contribution in [0.5, 0.6) is 5.75 Å². The van der Waals surface area contributed by atoms with E-state index in [4.69, 9.17) is 4.74 Å². The molecule has 0 aromatic carbocycles. The molecule has 9 nitrogen and oxygen atoms in total. The summed E-state index contributed by atoms with van der Waals surface area (Å²) in [7, 11) is 1.16. The first-order valence-corrected chi connectivity index (χ1v) is 7.06. The highest BCUT2D eigenvalue weighted by molar-refractivity contribution is 5.64. The molecule has 3 rings (SSSR count). The van der Waals surface area contributed by atoms with Crippen LogP contribution in [0.2, 0.25) is 0 Å². The quantitative estimate of drug-likeness (QED) is 0.664. The van der Waals surface area contributed by atoms with Gasteiger partial charge in [-0.3, -0.25) is 9.78 Å². The fourth-order valence-corrected chi connectivity index (χ4v) is 2.16. The van der Waals surface area contributed by atoms with Crippen LogP contribution in [0.15, 0.2) is 34.2 Å². The topological polar surface area (TPSA) is 114 Å². The SMILES string of the molecule is COCC(F)(F)COc1cc(-c2c[nH]c(=O)[nH]c2=O)nn2ccnc12. The van der Waals surface area contributed by atoms with Crippen molar-refractivity contribution in [1.82, 2.24) is 24.6 Å². The van der Waals surface area contributed by atoms with Gasteiger partial charge in [0.1, 0.15) is 12.3 Å². The largest absolute Gasteiger partial charge is 0.483 e. The average molecular weight is 353 g/mol. The van der Waals surface area contributed by atoms with Gasteiger partial charge >= 0.3 is 11.6 Å². The molecule has 11 heteroatoms. The molecule has 132 valence electrons. The number of methoxy groups -OCH3 is 1. The summed E-state index contributed by atoms with van der Waals surface area (Å²) in [5.41, 5.74) is -0.978. The molecular weight excluding hydrogens is 340 g/mol. The number of nitrogens with zero attached hydrogens (tertiary/aromatic N) is 3. The number of H-pyrrole nitrogens is 2. The first-order valence-electron chi connectivity index (χ1n) is 7.06. The second-order valence-electron chi connectivity index (χ2n) is 5.15. The summed E-state index contributed by atoms with van der Waals surface area (Å²) in [6, 6.07) is 1.30. The standard InChI is InChI=1S/C14H13F2N5O4/c1-24-6-14(15,16)7-25-10-4-9(20-21-3-2-17-11(10)21)8-5-18-13(23)19-12(8)22/h2-5H,6-7H2,1H3,(H2,18,19,22,23). The van der Waals surface area contributed by atoms with Crippen molar-refractivity contribution in [3.63, 3.8) is 0 Å². The third-order valence-corrected chi connectivity index (χ3v) is 3.21. The summed E-state index contributed by atoms with van der Waals surface area (Å²) < 4.78 is 38.1. The lowest BCUT2D eigenvalue weighted by Crippen LogP contribution is -2.31. The van der Waals surface area contributed by atoms with Gasteiger partial charge in [-0.1, -0.05) is 0 Å². The van der Waals surface area contributed by atoms with Gasteiger partial charge in [0.2, 0.25) is 0 Å². The number of nitrogens with one attached hydrogen (secondary N) is 2. The van der Waals surface area contributed by atoms with Crippen molar-refractivity contribution in [2.45, 2.75) is 5.92 Å². The Balaban J connectivity index is 2.02. The molecule has 25 heavy (non-hydrogen) atoms. The van der Waals surface area contributed by atoms with E-state index in [0.717, 1.165) is 7.11 Å². The third-order valence-electron chi connectivity index (χ3n) is 3.21. The second-order valence-corrected chi connectivity index (χ2v) is 5.15. The van der Waals surface area contributed by atoms with Gasteiger partial charge in [0.15, 0.2) is 18.0 Å². The number of ether oxygens (including phenoxy) is 2. The summed E-state index contributed by atoms with van der Waals surface area (Å²) in [4.78, 5) is 31.4. The van der Waals surface area contributed by atoms with Crippen LogP contribution in [-0.4, -0.2) is 50.8 Å². The molecule has 0 unspecified atom stereocenters. The number of hydrogen-bond acceptors (Lipinski definition) is 6. The Hall–Kier alpha value is -3.08. The molecule has 0 bridgehead atoms. The fraction of sp³-hybridized carbons (Fsp3) is 0.286. The van der Waals surface area contributed by atoms with Crippen LogP contribution >= 0.6 is 0 Å². The maximum atomic E-state index is 13.6. The van der Waals surface area contributed by atoms with Crippen LogP contribution in [-0.2, 0) is 4.74 Å². The van der Waals surface area contributed by atoms with E-state index in [-0.39, 0.29) is 22.7 Å². The highest BCUT2D eigenvalue weighted by atomic mass is 19.3. The molecule has 3 aromatic rings. The number of alkyl halides is 2. The molecule has 0 fully saturated rings. The van der Waals surface area contributed by atoms with E-state index < -0.39 is 30.4 Å². The van der Waals surface area contributed by atoms with E-state index in [0.29, 0.717) is 0 Å². The van der Waals surface area contributed by atoms with Crippen molar-refractivity contribution < 1.29 is 18.3 Å². The van der Waals surface area contributed by atoms with E-state index in [2.05, 4.69) is 24.8 Å². The Morgan fingerprint density at radius 2 is 2.12 bits per heavy atom. The first kappa shape index (κ1) is 16.8. The molecule has 0 spiro atoms. The molecule has 0 amide bonds. The highest BCUT2D eigenvalue weighted by Crippen LogP contribution is 2.25. The van der Waals surface area contributed by atoms with Crippen molar-refractivity contribution in [2.75, 3.05) is 20.3 Å². The molecular formula is C14H13F2N5O4. The van der Waals surface area contributed by atoms with Gasteiger partial charge in [0, 0.05) is 31.8 Å². The lowest BCUT2D eigenvalue weighted by molar-refractivity contribution is -0.0908. The average Bonchev–Trinajstić information content (AvgIpc) is 3.01. The minimum atomic E-state index is -3.20. The number of rotatable bonds is 6. The number of halogens is 2. The zero-order chi connectivity index (χ0) is 18.0. The zero-order valence-corrected chi connectivity index (χ0v) is 13.0. The maximum Gasteiger partial charge on any atom is 0.325 e. The Labute approximate surface area is 138 Å². The predicted octanol–water partition coefficient (Wildman–Crippen LogP) is 0.433. The first-order chi connectivity index (χ1) is 11.9. The molecule has 0 atom stereocenters. The van der Waals surface area contributed by atoms with Gasteiger partial charge in [0.25, 0.3) is 5.56 Å². The van der Waals surface area contributed by atoms with Crippen LogP contribution in [0.1, 0.15) is 0 Å². The normalized spacial score (nSPS) is 11.8. The van der Waals surface area contributed by atoms with Crippen LogP contribution in [0.4, 0.5) is 8.78 Å². The summed E-state index contributed by atoms with van der Waals surface area (Å²) in [6.45, 7) is -1.73. The molecule has 3 aromatic heterocycles. The van der Waals surface area contributed by atoms with E-state index in [1.165, 1.54) is 29.2 Å². The fourth-order valence-electron chi connectivity index (χ4n) is 2.16. The summed E-state index contributed by atoms with van der Waals surface area (Å²) in [6.07, 6.45) is 4.05. The Bertz CT molecular complexity index is 1010. The van der Waals surface area contributed by atoms with Crippen LogP contribution in [0.3, 0.4) is 0 Å². The van der Waals surface area contributed by atoms with Gasteiger partial charge in [-0.2, -0.15) is 5.10 Å². The molecule has 3 heterocycles. The van der Waals surface area contributed by atoms with Gasteiger partial charge in [0.05, 0.1) is 5.56 Å². The molecule has 0 radical (unpaired) electrons. The van der Waals surface area contributed by atoms with E-state index >= 15 is 0 Å². The second kappa shape index (κ2) is 6.43.